The standard InChI is InChI=1S/C24H26N4O2S2/c1-15-6-8-18(9-7-15)21-13-31-24(26-21)32-14-22(29)27-23-20(11-25)16(2)17(3)28(23)12-19-5-4-10-30-19/h6-9,13,19H,4-5,10,12,14H2,1-3H3,(H,27,29). The summed E-state index contributed by atoms with van der Waals surface area (Å²) in [6.45, 7) is 7.38. The van der Waals surface area contributed by atoms with Crippen LogP contribution in [0.15, 0.2) is 34.0 Å². The zero-order chi connectivity index (χ0) is 22.7. The van der Waals surface area contributed by atoms with Crippen LogP contribution in [0.1, 0.15) is 35.2 Å². The summed E-state index contributed by atoms with van der Waals surface area (Å²) in [4.78, 5) is 17.4. The molecule has 2 aromatic heterocycles. The van der Waals surface area contributed by atoms with E-state index in [4.69, 9.17) is 4.74 Å². The Morgan fingerprint density at radius 1 is 1.34 bits per heavy atom. The predicted molar refractivity (Wildman–Crippen MR) is 129 cm³/mol. The number of carbonyl (C=O) groups excluding carboxylic acids is 1. The van der Waals surface area contributed by atoms with Gasteiger partial charge in [0.1, 0.15) is 11.9 Å². The minimum absolute atomic E-state index is 0.118. The number of anilines is 1. The molecule has 0 spiro atoms. The molecule has 8 heteroatoms. The molecule has 1 amide bonds. The zero-order valence-corrected chi connectivity index (χ0v) is 20.1. The van der Waals surface area contributed by atoms with Gasteiger partial charge in [-0.25, -0.2) is 4.98 Å². The van der Waals surface area contributed by atoms with E-state index < -0.39 is 0 Å². The van der Waals surface area contributed by atoms with Crippen molar-refractivity contribution in [3.05, 3.63) is 52.0 Å². The monoisotopic (exact) mass is 466 g/mol. The van der Waals surface area contributed by atoms with Crippen molar-refractivity contribution < 1.29 is 9.53 Å². The highest BCUT2D eigenvalue weighted by molar-refractivity contribution is 8.01. The molecule has 1 fully saturated rings. The first-order chi connectivity index (χ1) is 15.5. The van der Waals surface area contributed by atoms with Gasteiger partial charge in [-0.15, -0.1) is 11.3 Å². The molecule has 1 aliphatic heterocycles. The van der Waals surface area contributed by atoms with Crippen molar-refractivity contribution in [3.8, 4) is 17.3 Å². The quantitative estimate of drug-likeness (QED) is 0.477. The molecule has 0 radical (unpaired) electrons. The normalized spacial score (nSPS) is 15.6. The third-order valence-electron chi connectivity index (χ3n) is 5.77. The molecule has 166 valence electrons. The van der Waals surface area contributed by atoms with E-state index in [9.17, 15) is 10.1 Å². The molecular weight excluding hydrogens is 440 g/mol. The largest absolute Gasteiger partial charge is 0.376 e. The summed E-state index contributed by atoms with van der Waals surface area (Å²) in [7, 11) is 0. The summed E-state index contributed by atoms with van der Waals surface area (Å²) in [5.41, 5.74) is 5.61. The number of thiazole rings is 1. The van der Waals surface area contributed by atoms with Crippen LogP contribution in [0.5, 0.6) is 0 Å². The molecule has 3 aromatic rings. The van der Waals surface area contributed by atoms with Gasteiger partial charge in [-0.3, -0.25) is 4.79 Å². The second kappa shape index (κ2) is 9.90. The molecule has 3 heterocycles. The summed E-state index contributed by atoms with van der Waals surface area (Å²) in [5, 5.41) is 14.7. The maximum absolute atomic E-state index is 12.8. The number of benzene rings is 1. The van der Waals surface area contributed by atoms with Crippen molar-refractivity contribution >= 4 is 34.8 Å². The van der Waals surface area contributed by atoms with Crippen LogP contribution in [0.2, 0.25) is 0 Å². The van der Waals surface area contributed by atoms with E-state index in [0.717, 1.165) is 46.3 Å². The van der Waals surface area contributed by atoms with Crippen molar-refractivity contribution in [1.29, 1.82) is 5.26 Å². The summed E-state index contributed by atoms with van der Waals surface area (Å²) in [6, 6.07) is 10.5. The Labute approximate surface area is 196 Å². The molecule has 1 N–H and O–H groups in total. The number of nitriles is 1. The van der Waals surface area contributed by atoms with E-state index in [1.165, 1.54) is 28.7 Å². The molecule has 6 nitrogen and oxygen atoms in total. The third-order valence-corrected chi connectivity index (χ3v) is 7.79. The van der Waals surface area contributed by atoms with Crippen LogP contribution in [-0.2, 0) is 16.1 Å². The van der Waals surface area contributed by atoms with Gasteiger partial charge in [0.25, 0.3) is 0 Å². The van der Waals surface area contributed by atoms with Crippen LogP contribution in [0.25, 0.3) is 11.3 Å². The number of nitrogens with zero attached hydrogens (tertiary/aromatic N) is 3. The van der Waals surface area contributed by atoms with Gasteiger partial charge in [0.15, 0.2) is 4.34 Å². The molecule has 4 rings (SSSR count). The van der Waals surface area contributed by atoms with Crippen LogP contribution in [0.4, 0.5) is 5.82 Å². The highest BCUT2D eigenvalue weighted by Crippen LogP contribution is 2.30. The molecule has 1 atom stereocenters. The third kappa shape index (κ3) is 4.90. The van der Waals surface area contributed by atoms with Gasteiger partial charge in [-0.05, 0) is 39.2 Å². The number of rotatable bonds is 7. The van der Waals surface area contributed by atoms with Crippen molar-refractivity contribution in [2.75, 3.05) is 17.7 Å². The van der Waals surface area contributed by atoms with Gasteiger partial charge in [-0.1, -0.05) is 41.6 Å². The minimum Gasteiger partial charge on any atom is -0.376 e. The number of amides is 1. The maximum Gasteiger partial charge on any atom is 0.235 e. The zero-order valence-electron chi connectivity index (χ0n) is 18.5. The van der Waals surface area contributed by atoms with Crippen LogP contribution in [-0.4, -0.2) is 33.9 Å². The molecule has 1 saturated heterocycles. The number of aromatic nitrogens is 2. The average Bonchev–Trinajstić information content (AvgIpc) is 3.51. The smallest absolute Gasteiger partial charge is 0.235 e. The number of aryl methyl sites for hydroxylation is 1. The van der Waals surface area contributed by atoms with Gasteiger partial charge in [0, 0.05) is 23.2 Å². The number of hydrogen-bond donors (Lipinski definition) is 1. The molecule has 1 unspecified atom stereocenters. The van der Waals surface area contributed by atoms with Gasteiger partial charge in [-0.2, -0.15) is 5.26 Å². The van der Waals surface area contributed by atoms with Crippen LogP contribution < -0.4 is 5.32 Å². The first-order valence-electron chi connectivity index (χ1n) is 10.6. The predicted octanol–water partition coefficient (Wildman–Crippen LogP) is 5.32. The van der Waals surface area contributed by atoms with Crippen LogP contribution in [0, 0.1) is 32.1 Å². The fourth-order valence-electron chi connectivity index (χ4n) is 3.83. The fourth-order valence-corrected chi connectivity index (χ4v) is 5.46. The molecule has 1 aliphatic rings. The Kier molecular flexibility index (Phi) is 6.99. The first kappa shape index (κ1) is 22.6. The van der Waals surface area contributed by atoms with Gasteiger partial charge in [0.2, 0.25) is 5.91 Å². The molecule has 0 bridgehead atoms. The average molecular weight is 467 g/mol. The number of carbonyl (C=O) groups is 1. The molecule has 32 heavy (non-hydrogen) atoms. The number of hydrogen-bond acceptors (Lipinski definition) is 6. The summed E-state index contributed by atoms with van der Waals surface area (Å²) in [6.07, 6.45) is 2.16. The van der Waals surface area contributed by atoms with Crippen molar-refractivity contribution in [2.45, 2.75) is 50.6 Å². The lowest BCUT2D eigenvalue weighted by Gasteiger charge is -2.16. The van der Waals surface area contributed by atoms with E-state index in [1.54, 1.807) is 0 Å². The molecule has 1 aromatic carbocycles. The Morgan fingerprint density at radius 3 is 2.81 bits per heavy atom. The van der Waals surface area contributed by atoms with Gasteiger partial charge in [0.05, 0.1) is 29.7 Å². The van der Waals surface area contributed by atoms with E-state index >= 15 is 0 Å². The van der Waals surface area contributed by atoms with E-state index in [1.807, 2.05) is 23.8 Å². The number of nitrogens with one attached hydrogen (secondary N) is 1. The molecular formula is C24H26N4O2S2. The van der Waals surface area contributed by atoms with Crippen molar-refractivity contribution in [3.63, 3.8) is 0 Å². The summed E-state index contributed by atoms with van der Waals surface area (Å²) >= 11 is 2.94. The second-order valence-electron chi connectivity index (χ2n) is 7.99. The Bertz CT molecular complexity index is 1150. The topological polar surface area (TPSA) is 79.9 Å². The van der Waals surface area contributed by atoms with Crippen molar-refractivity contribution in [1.82, 2.24) is 9.55 Å². The highest BCUT2D eigenvalue weighted by Gasteiger charge is 2.24. The lowest BCUT2D eigenvalue weighted by Crippen LogP contribution is -2.22. The summed E-state index contributed by atoms with van der Waals surface area (Å²) in [5.74, 6) is 0.655. The lowest BCUT2D eigenvalue weighted by atomic mass is 10.1. The van der Waals surface area contributed by atoms with E-state index in [2.05, 4.69) is 47.6 Å². The molecule has 0 saturated carbocycles. The Balaban J connectivity index is 1.43. The highest BCUT2D eigenvalue weighted by atomic mass is 32.2. The lowest BCUT2D eigenvalue weighted by molar-refractivity contribution is -0.113. The van der Waals surface area contributed by atoms with Crippen LogP contribution in [0.3, 0.4) is 0 Å². The molecule has 0 aliphatic carbocycles. The fraction of sp³-hybridized carbons (Fsp3) is 0.375. The second-order valence-corrected chi connectivity index (χ2v) is 10.1. The number of thioether (sulfide) groups is 1. The SMILES string of the molecule is Cc1ccc(-c2csc(SCC(=O)Nc3c(C#N)c(C)c(C)n3CC3CCCO3)n2)cc1. The Hall–Kier alpha value is -2.60. The van der Waals surface area contributed by atoms with Gasteiger partial charge < -0.3 is 14.6 Å². The maximum atomic E-state index is 12.8. The number of ether oxygens (including phenoxy) is 1. The summed E-state index contributed by atoms with van der Waals surface area (Å²) < 4.78 is 8.64. The van der Waals surface area contributed by atoms with Crippen LogP contribution >= 0.6 is 23.1 Å². The van der Waals surface area contributed by atoms with Crippen molar-refractivity contribution in [2.24, 2.45) is 0 Å². The van der Waals surface area contributed by atoms with E-state index in [-0.39, 0.29) is 17.8 Å². The first-order valence-corrected chi connectivity index (χ1v) is 12.5. The van der Waals surface area contributed by atoms with E-state index in [0.29, 0.717) is 17.9 Å². The Morgan fingerprint density at radius 2 is 2.12 bits per heavy atom. The minimum atomic E-state index is -0.148. The van der Waals surface area contributed by atoms with Gasteiger partial charge >= 0.3 is 0 Å².